The van der Waals surface area contributed by atoms with Gasteiger partial charge in [-0.05, 0) is 6.07 Å². The molecule has 0 aliphatic heterocycles. The normalized spacial score (nSPS) is 10.2. The first-order valence-electron chi connectivity index (χ1n) is 4.53. The maximum atomic E-state index is 10.7. The molecule has 16 heavy (non-hydrogen) atoms. The summed E-state index contributed by atoms with van der Waals surface area (Å²) in [6, 6.07) is 4.16. The van der Waals surface area contributed by atoms with E-state index in [2.05, 4.69) is 0 Å². The maximum absolute atomic E-state index is 10.7. The Labute approximate surface area is 91.5 Å². The first kappa shape index (κ1) is 11.8. The first-order valence-corrected chi connectivity index (χ1v) is 4.53. The number of carbonyl (C=O) groups is 2. The molecule has 0 saturated carbocycles. The van der Waals surface area contributed by atoms with Gasteiger partial charge >= 0.3 is 0 Å². The van der Waals surface area contributed by atoms with Crippen LogP contribution in [0.15, 0.2) is 24.3 Å². The number of benzene rings is 1. The van der Waals surface area contributed by atoms with E-state index in [1.807, 2.05) is 0 Å². The molecule has 0 fully saturated rings. The van der Waals surface area contributed by atoms with Crippen LogP contribution in [0.2, 0.25) is 0 Å². The molecule has 0 spiro atoms. The zero-order valence-corrected chi connectivity index (χ0v) is 8.33. The van der Waals surface area contributed by atoms with Crippen LogP contribution in [0.5, 0.6) is 0 Å². The second kappa shape index (κ2) is 5.55. The number of allylic oxidation sites excluding steroid dienone is 1. The lowest BCUT2D eigenvalue weighted by atomic mass is 10.1. The van der Waals surface area contributed by atoms with Gasteiger partial charge in [-0.15, -0.1) is 0 Å². The summed E-state index contributed by atoms with van der Waals surface area (Å²) in [7, 11) is 0. The van der Waals surface area contributed by atoms with Crippen molar-refractivity contribution in [3.63, 3.8) is 0 Å². The van der Waals surface area contributed by atoms with Crippen molar-refractivity contribution >= 4 is 24.3 Å². The largest absolute Gasteiger partial charge is 0.303 e. The van der Waals surface area contributed by atoms with Gasteiger partial charge in [-0.25, -0.2) is 0 Å². The Morgan fingerprint density at radius 2 is 2.06 bits per heavy atom. The summed E-state index contributed by atoms with van der Waals surface area (Å²) in [5, 5.41) is 10.7. The molecule has 1 aromatic carbocycles. The highest BCUT2D eigenvalue weighted by Crippen LogP contribution is 2.21. The minimum absolute atomic E-state index is 0.147. The monoisotopic (exact) mass is 219 g/mol. The molecule has 0 aliphatic rings. The molecule has 0 N–H and O–H groups in total. The summed E-state index contributed by atoms with van der Waals surface area (Å²) in [5.41, 5.74) is 0.475. The van der Waals surface area contributed by atoms with Gasteiger partial charge in [0.1, 0.15) is 12.6 Å². The minimum Gasteiger partial charge on any atom is -0.303 e. The highest BCUT2D eigenvalue weighted by molar-refractivity contribution is 5.78. The van der Waals surface area contributed by atoms with E-state index in [-0.39, 0.29) is 17.7 Å². The van der Waals surface area contributed by atoms with Crippen LogP contribution in [0.1, 0.15) is 22.3 Å². The van der Waals surface area contributed by atoms with Crippen LogP contribution < -0.4 is 0 Å². The van der Waals surface area contributed by atoms with Gasteiger partial charge in [0.2, 0.25) is 0 Å². The maximum Gasteiger partial charge on any atom is 0.277 e. The van der Waals surface area contributed by atoms with Gasteiger partial charge in [-0.2, -0.15) is 0 Å². The van der Waals surface area contributed by atoms with Crippen LogP contribution in [-0.4, -0.2) is 17.5 Å². The van der Waals surface area contributed by atoms with E-state index in [0.717, 1.165) is 0 Å². The molecule has 5 nitrogen and oxygen atoms in total. The van der Waals surface area contributed by atoms with Gasteiger partial charge in [0, 0.05) is 18.1 Å². The standard InChI is InChI=1S/C11H9NO4/c13-6-2-1-3-10-5-4-9(8-14)7-11(10)12(15)16/h1,3-8H,2H2. The Hall–Kier alpha value is -2.30. The van der Waals surface area contributed by atoms with Crippen LogP contribution in [-0.2, 0) is 4.79 Å². The predicted octanol–water partition coefficient (Wildman–Crippen LogP) is 2.01. The van der Waals surface area contributed by atoms with Crippen molar-refractivity contribution in [1.29, 1.82) is 0 Å². The molecule has 5 heteroatoms. The Balaban J connectivity index is 3.12. The molecule has 0 amide bonds. The van der Waals surface area contributed by atoms with E-state index in [1.165, 1.54) is 30.4 Å². The summed E-state index contributed by atoms with van der Waals surface area (Å²) >= 11 is 0. The number of hydrogen-bond acceptors (Lipinski definition) is 4. The van der Waals surface area contributed by atoms with Crippen LogP contribution in [0.25, 0.3) is 6.08 Å². The number of nitrogens with zero attached hydrogens (tertiary/aromatic N) is 1. The molecule has 0 bridgehead atoms. The molecule has 82 valence electrons. The molecule has 0 unspecified atom stereocenters. The quantitative estimate of drug-likeness (QED) is 0.431. The van der Waals surface area contributed by atoms with E-state index >= 15 is 0 Å². The van der Waals surface area contributed by atoms with E-state index in [1.54, 1.807) is 0 Å². The smallest absolute Gasteiger partial charge is 0.277 e. The summed E-state index contributed by atoms with van der Waals surface area (Å²) in [6.45, 7) is 0. The van der Waals surface area contributed by atoms with Crippen LogP contribution >= 0.6 is 0 Å². The average Bonchev–Trinajstić information content (AvgIpc) is 2.29. The third kappa shape index (κ3) is 2.84. The molecule has 1 rings (SSSR count). The molecule has 1 aromatic rings. The molecule has 0 saturated heterocycles. The van der Waals surface area contributed by atoms with Gasteiger partial charge in [0.15, 0.2) is 0 Å². The topological polar surface area (TPSA) is 77.3 Å². The van der Waals surface area contributed by atoms with Gasteiger partial charge in [-0.3, -0.25) is 14.9 Å². The van der Waals surface area contributed by atoms with Crippen molar-refractivity contribution in [2.24, 2.45) is 0 Å². The zero-order chi connectivity index (χ0) is 12.0. The first-order chi connectivity index (χ1) is 7.69. The Kier molecular flexibility index (Phi) is 4.08. The second-order valence-corrected chi connectivity index (χ2v) is 3.00. The van der Waals surface area contributed by atoms with E-state index in [4.69, 9.17) is 0 Å². The Morgan fingerprint density at radius 1 is 1.31 bits per heavy atom. The Bertz CT molecular complexity index is 451. The highest BCUT2D eigenvalue weighted by atomic mass is 16.6. The van der Waals surface area contributed by atoms with Gasteiger partial charge < -0.3 is 4.79 Å². The number of rotatable bonds is 5. The van der Waals surface area contributed by atoms with E-state index in [0.29, 0.717) is 18.1 Å². The van der Waals surface area contributed by atoms with Crippen LogP contribution in [0.3, 0.4) is 0 Å². The number of nitro benzene ring substituents is 1. The fraction of sp³-hybridized carbons (Fsp3) is 0.0909. The third-order valence-electron chi connectivity index (χ3n) is 1.92. The van der Waals surface area contributed by atoms with Crippen LogP contribution in [0, 0.1) is 10.1 Å². The summed E-state index contributed by atoms with van der Waals surface area (Å²) in [6.07, 6.45) is 4.46. The SMILES string of the molecule is O=CCC=Cc1ccc(C=O)cc1[N+](=O)[O-]. The molecule has 0 heterocycles. The molecular formula is C11H9NO4. The molecular weight excluding hydrogens is 210 g/mol. The Morgan fingerprint density at radius 3 is 2.62 bits per heavy atom. The van der Waals surface area contributed by atoms with Crippen molar-refractivity contribution in [2.75, 3.05) is 0 Å². The number of nitro groups is 1. The van der Waals surface area contributed by atoms with Crippen molar-refractivity contribution in [3.8, 4) is 0 Å². The predicted molar refractivity (Wildman–Crippen MR) is 58.2 cm³/mol. The fourth-order valence-electron chi connectivity index (χ4n) is 1.18. The zero-order valence-electron chi connectivity index (χ0n) is 8.33. The number of hydrogen-bond donors (Lipinski definition) is 0. The van der Waals surface area contributed by atoms with Gasteiger partial charge in [-0.1, -0.05) is 18.2 Å². The summed E-state index contributed by atoms with van der Waals surface area (Å²) in [5.74, 6) is 0. The summed E-state index contributed by atoms with van der Waals surface area (Å²) < 4.78 is 0. The molecule has 0 aliphatic carbocycles. The summed E-state index contributed by atoms with van der Waals surface area (Å²) in [4.78, 5) is 30.7. The van der Waals surface area contributed by atoms with Crippen molar-refractivity contribution < 1.29 is 14.5 Å². The van der Waals surface area contributed by atoms with Crippen molar-refractivity contribution in [1.82, 2.24) is 0 Å². The van der Waals surface area contributed by atoms with Gasteiger partial charge in [0.05, 0.1) is 10.5 Å². The molecule has 0 aromatic heterocycles. The third-order valence-corrected chi connectivity index (χ3v) is 1.92. The van der Waals surface area contributed by atoms with E-state index in [9.17, 15) is 19.7 Å². The lowest BCUT2D eigenvalue weighted by molar-refractivity contribution is -0.385. The highest BCUT2D eigenvalue weighted by Gasteiger charge is 2.11. The fourth-order valence-corrected chi connectivity index (χ4v) is 1.18. The molecule has 0 atom stereocenters. The van der Waals surface area contributed by atoms with E-state index < -0.39 is 4.92 Å². The molecule has 0 radical (unpaired) electrons. The van der Waals surface area contributed by atoms with Gasteiger partial charge in [0.25, 0.3) is 5.69 Å². The number of carbonyl (C=O) groups excluding carboxylic acids is 2. The van der Waals surface area contributed by atoms with Crippen molar-refractivity contribution in [2.45, 2.75) is 6.42 Å². The lowest BCUT2D eigenvalue weighted by Gasteiger charge is -1.98. The van der Waals surface area contributed by atoms with Crippen molar-refractivity contribution in [3.05, 3.63) is 45.5 Å². The average molecular weight is 219 g/mol. The number of aldehydes is 2. The minimum atomic E-state index is -0.562. The van der Waals surface area contributed by atoms with Crippen LogP contribution in [0.4, 0.5) is 5.69 Å². The lowest BCUT2D eigenvalue weighted by Crippen LogP contribution is -1.93. The second-order valence-electron chi connectivity index (χ2n) is 3.00.